The Balaban J connectivity index is 1.61. The Kier molecular flexibility index (Phi) is 4.39. The lowest BCUT2D eigenvalue weighted by Crippen LogP contribution is -2.25. The number of amides is 1. The predicted molar refractivity (Wildman–Crippen MR) is 85.7 cm³/mol. The third kappa shape index (κ3) is 3.46. The van der Waals surface area contributed by atoms with Crippen molar-refractivity contribution < 1.29 is 9.53 Å². The number of primary amides is 1. The maximum absolute atomic E-state index is 11.4. The van der Waals surface area contributed by atoms with E-state index in [0.717, 1.165) is 26.1 Å². The highest BCUT2D eigenvalue weighted by molar-refractivity contribution is 5.95. The molecule has 114 valence electrons. The second-order valence-electron chi connectivity index (χ2n) is 5.61. The fourth-order valence-electron chi connectivity index (χ4n) is 2.83. The minimum Gasteiger partial charge on any atom is -0.488 e. The van der Waals surface area contributed by atoms with Gasteiger partial charge in [0.25, 0.3) is 5.91 Å². The Labute approximate surface area is 130 Å². The Morgan fingerprint density at radius 3 is 2.64 bits per heavy atom. The van der Waals surface area contributed by atoms with Gasteiger partial charge < -0.3 is 10.5 Å². The van der Waals surface area contributed by atoms with Gasteiger partial charge in [0.05, 0.1) is 5.56 Å². The molecule has 1 amide bonds. The molecule has 0 aromatic heterocycles. The quantitative estimate of drug-likeness (QED) is 0.922. The molecule has 2 aromatic carbocycles. The van der Waals surface area contributed by atoms with Crippen molar-refractivity contribution in [1.29, 1.82) is 0 Å². The van der Waals surface area contributed by atoms with E-state index in [1.807, 2.05) is 12.1 Å². The SMILES string of the molecule is NC(=O)c1ccccc1O[C@H]1CCN(Cc2ccccc2)C1. The van der Waals surface area contributed by atoms with Gasteiger partial charge in [-0.3, -0.25) is 9.69 Å². The number of nitrogens with two attached hydrogens (primary N) is 1. The first kappa shape index (κ1) is 14.6. The van der Waals surface area contributed by atoms with Crippen LogP contribution in [0, 0.1) is 0 Å². The Morgan fingerprint density at radius 2 is 1.86 bits per heavy atom. The molecule has 2 aromatic rings. The number of carbonyl (C=O) groups excluding carboxylic acids is 1. The number of benzene rings is 2. The van der Waals surface area contributed by atoms with E-state index in [4.69, 9.17) is 10.5 Å². The summed E-state index contributed by atoms with van der Waals surface area (Å²) in [4.78, 5) is 13.8. The lowest BCUT2D eigenvalue weighted by atomic mass is 10.2. The van der Waals surface area contributed by atoms with Crippen LogP contribution in [0.1, 0.15) is 22.3 Å². The monoisotopic (exact) mass is 296 g/mol. The minimum atomic E-state index is -0.449. The number of hydrogen-bond acceptors (Lipinski definition) is 3. The summed E-state index contributed by atoms with van der Waals surface area (Å²) in [6.45, 7) is 2.79. The van der Waals surface area contributed by atoms with Gasteiger partial charge in [-0.15, -0.1) is 0 Å². The van der Waals surface area contributed by atoms with Gasteiger partial charge in [-0.1, -0.05) is 42.5 Å². The van der Waals surface area contributed by atoms with Crippen molar-refractivity contribution in [3.63, 3.8) is 0 Å². The van der Waals surface area contributed by atoms with E-state index in [1.165, 1.54) is 5.56 Å². The summed E-state index contributed by atoms with van der Waals surface area (Å²) in [7, 11) is 0. The summed E-state index contributed by atoms with van der Waals surface area (Å²) in [5.41, 5.74) is 7.14. The van der Waals surface area contributed by atoms with Crippen LogP contribution in [-0.2, 0) is 6.54 Å². The highest BCUT2D eigenvalue weighted by Gasteiger charge is 2.25. The topological polar surface area (TPSA) is 55.6 Å². The van der Waals surface area contributed by atoms with Crippen LogP contribution in [0.2, 0.25) is 0 Å². The smallest absolute Gasteiger partial charge is 0.252 e. The molecular formula is C18H20N2O2. The summed E-state index contributed by atoms with van der Waals surface area (Å²) in [5, 5.41) is 0. The predicted octanol–water partition coefficient (Wildman–Crippen LogP) is 2.44. The van der Waals surface area contributed by atoms with E-state index >= 15 is 0 Å². The maximum Gasteiger partial charge on any atom is 0.252 e. The highest BCUT2D eigenvalue weighted by Crippen LogP contribution is 2.23. The van der Waals surface area contributed by atoms with Crippen LogP contribution in [0.3, 0.4) is 0 Å². The molecule has 0 radical (unpaired) electrons. The van der Waals surface area contributed by atoms with Crippen LogP contribution in [0.15, 0.2) is 54.6 Å². The summed E-state index contributed by atoms with van der Waals surface area (Å²) in [5.74, 6) is 0.135. The lowest BCUT2D eigenvalue weighted by molar-refractivity contribution is 0.0993. The molecule has 0 unspecified atom stereocenters. The minimum absolute atomic E-state index is 0.101. The molecule has 1 saturated heterocycles. The highest BCUT2D eigenvalue weighted by atomic mass is 16.5. The van der Waals surface area contributed by atoms with E-state index in [1.54, 1.807) is 18.2 Å². The van der Waals surface area contributed by atoms with Crippen molar-refractivity contribution in [3.05, 3.63) is 65.7 Å². The normalized spacial score (nSPS) is 18.3. The molecule has 22 heavy (non-hydrogen) atoms. The maximum atomic E-state index is 11.4. The van der Waals surface area contributed by atoms with E-state index in [9.17, 15) is 4.79 Å². The molecule has 0 saturated carbocycles. The molecule has 1 atom stereocenters. The molecule has 4 heteroatoms. The van der Waals surface area contributed by atoms with E-state index in [2.05, 4.69) is 29.2 Å². The number of likely N-dealkylation sites (tertiary alicyclic amines) is 1. The molecule has 1 fully saturated rings. The van der Waals surface area contributed by atoms with Gasteiger partial charge in [-0.05, 0) is 24.1 Å². The Hall–Kier alpha value is -2.33. The van der Waals surface area contributed by atoms with E-state index < -0.39 is 5.91 Å². The molecule has 4 nitrogen and oxygen atoms in total. The fourth-order valence-corrected chi connectivity index (χ4v) is 2.83. The first-order valence-electron chi connectivity index (χ1n) is 7.54. The summed E-state index contributed by atoms with van der Waals surface area (Å²) in [6, 6.07) is 17.6. The molecule has 1 aliphatic rings. The molecule has 0 aliphatic carbocycles. The Bertz CT molecular complexity index is 643. The van der Waals surface area contributed by atoms with Crippen molar-refractivity contribution in [2.75, 3.05) is 13.1 Å². The van der Waals surface area contributed by atoms with Crippen LogP contribution in [-0.4, -0.2) is 30.0 Å². The molecule has 1 aliphatic heterocycles. The van der Waals surface area contributed by atoms with Gasteiger partial charge in [0.15, 0.2) is 0 Å². The summed E-state index contributed by atoms with van der Waals surface area (Å²) < 4.78 is 5.99. The van der Waals surface area contributed by atoms with Gasteiger partial charge in [0, 0.05) is 19.6 Å². The fraction of sp³-hybridized carbons (Fsp3) is 0.278. The van der Waals surface area contributed by atoms with Crippen molar-refractivity contribution in [1.82, 2.24) is 4.90 Å². The van der Waals surface area contributed by atoms with E-state index in [0.29, 0.717) is 11.3 Å². The molecular weight excluding hydrogens is 276 g/mol. The van der Waals surface area contributed by atoms with Crippen LogP contribution in [0.5, 0.6) is 5.75 Å². The number of ether oxygens (including phenoxy) is 1. The molecule has 0 spiro atoms. The average Bonchev–Trinajstić information content (AvgIpc) is 2.96. The lowest BCUT2D eigenvalue weighted by Gasteiger charge is -2.18. The third-order valence-electron chi connectivity index (χ3n) is 3.92. The number of hydrogen-bond donors (Lipinski definition) is 1. The zero-order chi connectivity index (χ0) is 15.4. The number of rotatable bonds is 5. The molecule has 3 rings (SSSR count). The van der Waals surface area contributed by atoms with Gasteiger partial charge in [-0.2, -0.15) is 0 Å². The zero-order valence-electron chi connectivity index (χ0n) is 12.4. The van der Waals surface area contributed by atoms with Gasteiger partial charge in [0.1, 0.15) is 11.9 Å². The van der Waals surface area contributed by atoms with Gasteiger partial charge in [-0.25, -0.2) is 0 Å². The van der Waals surface area contributed by atoms with Crippen LogP contribution >= 0.6 is 0 Å². The summed E-state index contributed by atoms with van der Waals surface area (Å²) in [6.07, 6.45) is 1.06. The number of carbonyl (C=O) groups is 1. The van der Waals surface area contributed by atoms with Crippen molar-refractivity contribution in [2.24, 2.45) is 5.73 Å². The van der Waals surface area contributed by atoms with Gasteiger partial charge in [0.2, 0.25) is 0 Å². The number of nitrogens with zero attached hydrogens (tertiary/aromatic N) is 1. The molecule has 0 bridgehead atoms. The molecule has 1 heterocycles. The molecule has 2 N–H and O–H groups in total. The first-order chi connectivity index (χ1) is 10.7. The van der Waals surface area contributed by atoms with Crippen LogP contribution in [0.25, 0.3) is 0 Å². The number of para-hydroxylation sites is 1. The van der Waals surface area contributed by atoms with Crippen molar-refractivity contribution in [3.8, 4) is 5.75 Å². The second kappa shape index (κ2) is 6.62. The van der Waals surface area contributed by atoms with E-state index in [-0.39, 0.29) is 6.10 Å². The summed E-state index contributed by atoms with van der Waals surface area (Å²) >= 11 is 0. The second-order valence-corrected chi connectivity index (χ2v) is 5.61. The first-order valence-corrected chi connectivity index (χ1v) is 7.54. The third-order valence-corrected chi connectivity index (χ3v) is 3.92. The average molecular weight is 296 g/mol. The van der Waals surface area contributed by atoms with Gasteiger partial charge >= 0.3 is 0 Å². The van der Waals surface area contributed by atoms with Crippen LogP contribution in [0.4, 0.5) is 0 Å². The Morgan fingerprint density at radius 1 is 1.14 bits per heavy atom. The largest absolute Gasteiger partial charge is 0.488 e. The van der Waals surface area contributed by atoms with Crippen molar-refractivity contribution in [2.45, 2.75) is 19.1 Å². The standard InChI is InChI=1S/C18H20N2O2/c19-18(21)16-8-4-5-9-17(16)22-15-10-11-20(13-15)12-14-6-2-1-3-7-14/h1-9,15H,10-13H2,(H2,19,21)/t15-/m0/s1. The van der Waals surface area contributed by atoms with Crippen LogP contribution < -0.4 is 10.5 Å². The zero-order valence-corrected chi connectivity index (χ0v) is 12.4. The van der Waals surface area contributed by atoms with Crippen molar-refractivity contribution >= 4 is 5.91 Å².